The Balaban J connectivity index is 0.000000688. The highest BCUT2D eigenvalue weighted by Gasteiger charge is 2.19. The van der Waals surface area contributed by atoms with Crippen LogP contribution >= 0.6 is 12.4 Å². The Morgan fingerprint density at radius 1 is 1.16 bits per heavy atom. The van der Waals surface area contributed by atoms with E-state index in [1.807, 2.05) is 0 Å². The van der Waals surface area contributed by atoms with Gasteiger partial charge in [-0.25, -0.2) is 4.79 Å². The average molecular weight is 453 g/mol. The van der Waals surface area contributed by atoms with E-state index in [2.05, 4.69) is 10.6 Å². The van der Waals surface area contributed by atoms with Crippen molar-refractivity contribution >= 4 is 41.6 Å². The molecule has 12 heteroatoms. The molecule has 2 aromatic rings. The maximum absolute atomic E-state index is 11.9. The molecule has 31 heavy (non-hydrogen) atoms. The largest absolute Gasteiger partial charge is 0.480 e. The molecule has 2 rings (SSSR count). The third kappa shape index (κ3) is 11.0. The third-order valence-corrected chi connectivity index (χ3v) is 3.71. The summed E-state index contributed by atoms with van der Waals surface area (Å²) in [5.41, 5.74) is 11.3. The van der Waals surface area contributed by atoms with Gasteiger partial charge in [-0.15, -0.1) is 12.4 Å². The first kappa shape index (κ1) is 27.1. The van der Waals surface area contributed by atoms with Gasteiger partial charge in [-0.1, -0.05) is 24.3 Å². The molecule has 0 spiro atoms. The number of nitrogen functional groups attached to an aromatic ring is 1. The number of hydrogen-bond donors (Lipinski definition) is 6. The van der Waals surface area contributed by atoms with Crippen molar-refractivity contribution in [1.29, 1.82) is 5.41 Å². The lowest BCUT2D eigenvalue weighted by molar-refractivity contribution is -0.384. The van der Waals surface area contributed by atoms with Gasteiger partial charge in [0.15, 0.2) is 5.96 Å². The normalized spacial score (nSPS) is 10.3. The van der Waals surface area contributed by atoms with E-state index in [9.17, 15) is 19.7 Å². The molecule has 8 N–H and O–H groups in total. The van der Waals surface area contributed by atoms with Crippen LogP contribution in [0.1, 0.15) is 23.2 Å². The van der Waals surface area contributed by atoms with Gasteiger partial charge in [0, 0.05) is 29.9 Å². The molecule has 1 atom stereocenters. The minimum Gasteiger partial charge on any atom is -0.480 e. The molecule has 168 valence electrons. The van der Waals surface area contributed by atoms with E-state index in [1.54, 1.807) is 42.5 Å². The summed E-state index contributed by atoms with van der Waals surface area (Å²) in [6, 6.07) is 13.3. The van der Waals surface area contributed by atoms with Crippen LogP contribution in [0.2, 0.25) is 0 Å². The Labute approximate surface area is 184 Å². The molecule has 2 aromatic carbocycles. The quantitative estimate of drug-likeness (QED) is 0.0868. The smallest absolute Gasteiger partial charge is 0.326 e. The van der Waals surface area contributed by atoms with Crippen LogP contribution < -0.4 is 22.1 Å². The Kier molecular flexibility index (Phi) is 12.4. The van der Waals surface area contributed by atoms with Gasteiger partial charge in [0.1, 0.15) is 6.04 Å². The molecule has 0 aliphatic rings. The number of halogens is 1. The Morgan fingerprint density at radius 2 is 1.81 bits per heavy atom. The highest BCUT2D eigenvalue weighted by atomic mass is 35.5. The molecule has 0 aliphatic carbocycles. The van der Waals surface area contributed by atoms with Gasteiger partial charge in [0.25, 0.3) is 11.6 Å². The molecule has 0 aliphatic heterocycles. The number of nitro benzene ring substituents is 1. The fourth-order valence-corrected chi connectivity index (χ4v) is 2.26. The fourth-order valence-electron chi connectivity index (χ4n) is 2.26. The van der Waals surface area contributed by atoms with Crippen LogP contribution in [0.5, 0.6) is 0 Å². The van der Waals surface area contributed by atoms with E-state index in [0.29, 0.717) is 24.2 Å². The number of nitrogens with two attached hydrogens (primary N) is 2. The number of hydrogen-bond acceptors (Lipinski definition) is 6. The maximum Gasteiger partial charge on any atom is 0.326 e. The van der Waals surface area contributed by atoms with Crippen LogP contribution in [0, 0.1) is 15.5 Å². The summed E-state index contributed by atoms with van der Waals surface area (Å²) in [6.07, 6.45) is 0.736. The zero-order valence-electron chi connectivity index (χ0n) is 16.5. The Morgan fingerprint density at radius 3 is 2.29 bits per heavy atom. The van der Waals surface area contributed by atoms with E-state index >= 15 is 0 Å². The average Bonchev–Trinajstić information content (AvgIpc) is 2.71. The molecule has 0 saturated heterocycles. The van der Waals surface area contributed by atoms with Gasteiger partial charge < -0.3 is 27.2 Å². The summed E-state index contributed by atoms with van der Waals surface area (Å²) in [5.74, 6) is -1.67. The minimum absolute atomic E-state index is 0. The van der Waals surface area contributed by atoms with Gasteiger partial charge in [0.05, 0.1) is 4.92 Å². The van der Waals surface area contributed by atoms with Crippen molar-refractivity contribution in [2.75, 3.05) is 12.3 Å². The second-order valence-corrected chi connectivity index (χ2v) is 6.07. The number of benzene rings is 2. The van der Waals surface area contributed by atoms with Gasteiger partial charge in [-0.2, -0.15) is 0 Å². The van der Waals surface area contributed by atoms with Crippen molar-refractivity contribution in [1.82, 2.24) is 10.6 Å². The van der Waals surface area contributed by atoms with E-state index in [-0.39, 0.29) is 30.5 Å². The number of carboxylic acid groups (broad SMARTS) is 1. The predicted octanol–water partition coefficient (Wildman–Crippen LogP) is 1.73. The summed E-state index contributed by atoms with van der Waals surface area (Å²) >= 11 is 0. The number of nitro groups is 1. The lowest BCUT2D eigenvalue weighted by Crippen LogP contribution is -2.41. The maximum atomic E-state index is 11.9. The van der Waals surface area contributed by atoms with Gasteiger partial charge >= 0.3 is 5.97 Å². The van der Waals surface area contributed by atoms with E-state index in [4.69, 9.17) is 22.0 Å². The first-order valence-electron chi connectivity index (χ1n) is 8.87. The summed E-state index contributed by atoms with van der Waals surface area (Å²) in [7, 11) is 0. The number of nitrogens with zero attached hydrogens (tertiary/aromatic N) is 1. The number of carbonyl (C=O) groups excluding carboxylic acids is 1. The van der Waals surface area contributed by atoms with Crippen molar-refractivity contribution in [2.45, 2.75) is 18.9 Å². The number of non-ortho nitro benzene ring substituents is 1. The van der Waals surface area contributed by atoms with E-state index in [0.717, 1.165) is 0 Å². The number of anilines is 1. The van der Waals surface area contributed by atoms with Crippen molar-refractivity contribution in [3.8, 4) is 0 Å². The molecular formula is C19H25ClN6O5. The summed E-state index contributed by atoms with van der Waals surface area (Å²) < 4.78 is 0. The molecule has 0 radical (unpaired) electrons. The van der Waals surface area contributed by atoms with Crippen LogP contribution in [-0.2, 0) is 4.79 Å². The number of guanidine groups is 1. The molecule has 1 amide bonds. The monoisotopic (exact) mass is 452 g/mol. The molecule has 1 unspecified atom stereocenters. The number of carboxylic acids is 1. The van der Waals surface area contributed by atoms with Gasteiger partial charge in [-0.05, 0) is 31.0 Å². The van der Waals surface area contributed by atoms with E-state index < -0.39 is 22.8 Å². The first-order valence-corrected chi connectivity index (χ1v) is 8.87. The number of amides is 1. The third-order valence-electron chi connectivity index (χ3n) is 3.71. The number of carbonyl (C=O) groups is 2. The predicted molar refractivity (Wildman–Crippen MR) is 119 cm³/mol. The minimum atomic E-state index is -1.09. The fraction of sp³-hybridized carbons (Fsp3) is 0.211. The number of rotatable bonds is 8. The highest BCUT2D eigenvalue weighted by molar-refractivity contribution is 5.96. The summed E-state index contributed by atoms with van der Waals surface area (Å²) in [5, 5.41) is 31.2. The molecule has 0 aromatic heterocycles. The van der Waals surface area contributed by atoms with E-state index in [1.165, 1.54) is 12.1 Å². The van der Waals surface area contributed by atoms with Crippen LogP contribution in [0.25, 0.3) is 0 Å². The number of aliphatic carboxylic acids is 1. The standard InChI is InChI=1S/C13H18N4O3.C6H6N2O2.ClH/c14-13(15)16-8-4-7-10(12(19)20)17-11(18)9-5-2-1-3-6-9;7-5-2-1-3-6(4-5)8(9)10;/h1-3,5-6,10H,4,7-8H2,(H,17,18)(H,19,20)(H4,14,15,16);1-4H,7H2;1H. The second kappa shape index (κ2) is 14.2. The zero-order valence-corrected chi connectivity index (χ0v) is 17.3. The van der Waals surface area contributed by atoms with Crippen LogP contribution in [0.3, 0.4) is 0 Å². The van der Waals surface area contributed by atoms with Crippen molar-refractivity contribution in [3.05, 3.63) is 70.3 Å². The Bertz CT molecular complexity index is 881. The lowest BCUT2D eigenvalue weighted by Gasteiger charge is -2.14. The molecule has 11 nitrogen and oxygen atoms in total. The summed E-state index contributed by atoms with van der Waals surface area (Å²) in [4.78, 5) is 32.6. The zero-order chi connectivity index (χ0) is 22.5. The lowest BCUT2D eigenvalue weighted by atomic mass is 10.1. The van der Waals surface area contributed by atoms with Crippen molar-refractivity contribution in [2.24, 2.45) is 5.73 Å². The first-order chi connectivity index (χ1) is 14.2. The molecule has 0 bridgehead atoms. The molecule has 0 heterocycles. The van der Waals surface area contributed by atoms with Gasteiger partial charge in [-0.3, -0.25) is 20.3 Å². The van der Waals surface area contributed by atoms with Crippen LogP contribution in [-0.4, -0.2) is 40.5 Å². The highest BCUT2D eigenvalue weighted by Crippen LogP contribution is 2.13. The van der Waals surface area contributed by atoms with Gasteiger partial charge in [0.2, 0.25) is 0 Å². The second-order valence-electron chi connectivity index (χ2n) is 6.07. The van der Waals surface area contributed by atoms with Crippen molar-refractivity contribution in [3.63, 3.8) is 0 Å². The molecular weight excluding hydrogens is 428 g/mol. The molecule has 0 saturated carbocycles. The topological polar surface area (TPSA) is 197 Å². The van der Waals surface area contributed by atoms with Crippen LogP contribution in [0.4, 0.5) is 11.4 Å². The molecule has 0 fully saturated rings. The summed E-state index contributed by atoms with van der Waals surface area (Å²) in [6.45, 7) is 0.389. The Hall–Kier alpha value is -3.86. The number of nitrogens with one attached hydrogen (secondary N) is 3. The van der Waals surface area contributed by atoms with Crippen molar-refractivity contribution < 1.29 is 19.6 Å². The SMILES string of the molecule is Cl.N=C(N)NCCCC(NC(=O)c1ccccc1)C(=O)O.Nc1cccc([N+](=O)[O-])c1. The van der Waals surface area contributed by atoms with Crippen LogP contribution in [0.15, 0.2) is 54.6 Å².